The summed E-state index contributed by atoms with van der Waals surface area (Å²) in [6.45, 7) is 7.78. The van der Waals surface area contributed by atoms with Crippen molar-refractivity contribution in [1.29, 1.82) is 0 Å². The number of likely N-dealkylation sites (tertiary alicyclic amines) is 1. The van der Waals surface area contributed by atoms with Gasteiger partial charge in [-0.15, -0.1) is 0 Å². The molecule has 136 valence electrons. The van der Waals surface area contributed by atoms with Crippen molar-refractivity contribution in [2.75, 3.05) is 13.1 Å². The summed E-state index contributed by atoms with van der Waals surface area (Å²) >= 11 is 0. The third-order valence-electron chi connectivity index (χ3n) is 4.39. The van der Waals surface area contributed by atoms with Gasteiger partial charge in [0.1, 0.15) is 13.2 Å². The highest BCUT2D eigenvalue weighted by atomic mass is 16.5. The minimum Gasteiger partial charge on any atom is -0.367 e. The van der Waals surface area contributed by atoms with Crippen LogP contribution in [0.2, 0.25) is 0 Å². The summed E-state index contributed by atoms with van der Waals surface area (Å²) < 4.78 is 12.8. The van der Waals surface area contributed by atoms with E-state index in [1.54, 1.807) is 4.68 Å². The first kappa shape index (κ1) is 17.6. The van der Waals surface area contributed by atoms with E-state index in [-0.39, 0.29) is 25.2 Å². The van der Waals surface area contributed by atoms with Gasteiger partial charge in [0.2, 0.25) is 5.91 Å². The summed E-state index contributed by atoms with van der Waals surface area (Å²) in [6, 6.07) is 1.98. The molecule has 1 aliphatic rings. The smallest absolute Gasteiger partial charge is 0.252 e. The normalized spacial score (nSPS) is 17.9. The van der Waals surface area contributed by atoms with Crippen molar-refractivity contribution in [2.45, 2.75) is 59.3 Å². The second-order valence-electron chi connectivity index (χ2n) is 6.46. The summed E-state index contributed by atoms with van der Waals surface area (Å²) in [5.74, 6) is 1.25. The number of piperidine rings is 1. The number of aromatic nitrogens is 4. The molecule has 8 heteroatoms. The molecule has 1 amide bonds. The Hall–Kier alpha value is -2.22. The predicted molar refractivity (Wildman–Crippen MR) is 89.8 cm³/mol. The van der Waals surface area contributed by atoms with E-state index >= 15 is 0 Å². The predicted octanol–water partition coefficient (Wildman–Crippen LogP) is 1.65. The molecule has 3 rings (SSSR count). The summed E-state index contributed by atoms with van der Waals surface area (Å²) in [6.07, 6.45) is 2.59. The quantitative estimate of drug-likeness (QED) is 0.790. The second-order valence-corrected chi connectivity index (χ2v) is 6.46. The number of aryl methyl sites for hydroxylation is 3. The molecule has 8 nitrogen and oxygen atoms in total. The lowest BCUT2D eigenvalue weighted by molar-refractivity contribution is -0.136. The molecule has 0 aromatic carbocycles. The highest BCUT2D eigenvalue weighted by Gasteiger charge is 2.25. The molecule has 0 spiro atoms. The van der Waals surface area contributed by atoms with Crippen molar-refractivity contribution in [1.82, 2.24) is 24.8 Å². The van der Waals surface area contributed by atoms with E-state index < -0.39 is 0 Å². The fourth-order valence-corrected chi connectivity index (χ4v) is 3.05. The van der Waals surface area contributed by atoms with Gasteiger partial charge >= 0.3 is 0 Å². The van der Waals surface area contributed by atoms with E-state index in [9.17, 15) is 4.79 Å². The molecule has 3 heterocycles. The van der Waals surface area contributed by atoms with Crippen molar-refractivity contribution in [3.05, 3.63) is 29.2 Å². The Kier molecular flexibility index (Phi) is 5.47. The van der Waals surface area contributed by atoms with Crippen LogP contribution < -0.4 is 0 Å². The van der Waals surface area contributed by atoms with Crippen LogP contribution in [0.5, 0.6) is 0 Å². The van der Waals surface area contributed by atoms with Gasteiger partial charge in [0.25, 0.3) is 5.89 Å². The SMILES string of the molecule is CCc1noc(CO[C@H]2CCCN(C(=O)Cn3nc(C)cc3C)C2)n1. The van der Waals surface area contributed by atoms with Crippen LogP contribution in [0, 0.1) is 13.8 Å². The molecule has 2 aromatic heterocycles. The Morgan fingerprint density at radius 2 is 2.28 bits per heavy atom. The number of ether oxygens (including phenoxy) is 1. The topological polar surface area (TPSA) is 86.3 Å². The van der Waals surface area contributed by atoms with Crippen LogP contribution in [0.1, 0.15) is 42.9 Å². The van der Waals surface area contributed by atoms with Crippen molar-refractivity contribution >= 4 is 5.91 Å². The van der Waals surface area contributed by atoms with E-state index in [4.69, 9.17) is 9.26 Å². The molecule has 0 bridgehead atoms. The summed E-state index contributed by atoms with van der Waals surface area (Å²) in [5, 5.41) is 8.22. The second kappa shape index (κ2) is 7.77. The molecular weight excluding hydrogens is 322 g/mol. The van der Waals surface area contributed by atoms with Crippen LogP contribution in [-0.4, -0.2) is 49.9 Å². The first-order valence-electron chi connectivity index (χ1n) is 8.77. The lowest BCUT2D eigenvalue weighted by Gasteiger charge is -2.32. The lowest BCUT2D eigenvalue weighted by Crippen LogP contribution is -2.44. The van der Waals surface area contributed by atoms with Gasteiger partial charge in [-0.2, -0.15) is 10.1 Å². The van der Waals surface area contributed by atoms with Crippen LogP contribution in [-0.2, 0) is 29.1 Å². The average molecular weight is 347 g/mol. The number of amides is 1. The van der Waals surface area contributed by atoms with Gasteiger partial charge in [0, 0.05) is 25.2 Å². The lowest BCUT2D eigenvalue weighted by atomic mass is 10.1. The molecule has 1 atom stereocenters. The fourth-order valence-electron chi connectivity index (χ4n) is 3.05. The molecule has 1 fully saturated rings. The molecule has 1 aliphatic heterocycles. The number of hydrogen-bond acceptors (Lipinski definition) is 6. The zero-order chi connectivity index (χ0) is 17.8. The van der Waals surface area contributed by atoms with E-state index in [0.29, 0.717) is 18.3 Å². The Labute approximate surface area is 147 Å². The Bertz CT molecular complexity index is 724. The molecule has 2 aromatic rings. The van der Waals surface area contributed by atoms with Gasteiger partial charge in [0.05, 0.1) is 11.8 Å². The maximum Gasteiger partial charge on any atom is 0.252 e. The van der Waals surface area contributed by atoms with Crippen LogP contribution in [0.25, 0.3) is 0 Å². The van der Waals surface area contributed by atoms with E-state index in [1.165, 1.54) is 0 Å². The number of carbonyl (C=O) groups excluding carboxylic acids is 1. The zero-order valence-electron chi connectivity index (χ0n) is 15.1. The number of hydrogen-bond donors (Lipinski definition) is 0. The van der Waals surface area contributed by atoms with Crippen molar-refractivity contribution in [2.24, 2.45) is 0 Å². The average Bonchev–Trinajstić information content (AvgIpc) is 3.19. The monoisotopic (exact) mass is 347 g/mol. The Balaban J connectivity index is 1.51. The first-order valence-corrected chi connectivity index (χ1v) is 8.77. The minimum atomic E-state index is -0.00451. The zero-order valence-corrected chi connectivity index (χ0v) is 15.1. The number of carbonyl (C=O) groups is 1. The molecule has 0 radical (unpaired) electrons. The Morgan fingerprint density at radius 1 is 1.44 bits per heavy atom. The van der Waals surface area contributed by atoms with Crippen LogP contribution >= 0.6 is 0 Å². The van der Waals surface area contributed by atoms with Crippen molar-refractivity contribution in [3.8, 4) is 0 Å². The summed E-state index contributed by atoms with van der Waals surface area (Å²) in [7, 11) is 0. The van der Waals surface area contributed by atoms with Crippen LogP contribution in [0.15, 0.2) is 10.6 Å². The number of rotatable bonds is 6. The van der Waals surface area contributed by atoms with Crippen LogP contribution in [0.3, 0.4) is 0 Å². The van der Waals surface area contributed by atoms with Gasteiger partial charge in [-0.1, -0.05) is 12.1 Å². The third kappa shape index (κ3) is 4.45. The molecule has 0 saturated carbocycles. The fraction of sp³-hybridized carbons (Fsp3) is 0.647. The van der Waals surface area contributed by atoms with E-state index in [1.807, 2.05) is 31.7 Å². The molecule has 0 unspecified atom stereocenters. The Morgan fingerprint density at radius 3 is 2.96 bits per heavy atom. The maximum atomic E-state index is 12.6. The highest BCUT2D eigenvalue weighted by molar-refractivity contribution is 5.76. The van der Waals surface area contributed by atoms with Gasteiger partial charge in [-0.05, 0) is 32.8 Å². The number of nitrogens with zero attached hydrogens (tertiary/aromatic N) is 5. The molecule has 0 N–H and O–H groups in total. The summed E-state index contributed by atoms with van der Waals surface area (Å²) in [4.78, 5) is 18.7. The molecule has 1 saturated heterocycles. The van der Waals surface area contributed by atoms with Gasteiger partial charge in [-0.3, -0.25) is 9.48 Å². The van der Waals surface area contributed by atoms with Crippen LogP contribution in [0.4, 0.5) is 0 Å². The minimum absolute atomic E-state index is 0.00451. The largest absolute Gasteiger partial charge is 0.367 e. The molecule has 0 aliphatic carbocycles. The molecular formula is C17H25N5O3. The van der Waals surface area contributed by atoms with E-state index in [0.717, 1.165) is 37.2 Å². The van der Waals surface area contributed by atoms with Crippen molar-refractivity contribution in [3.63, 3.8) is 0 Å². The first-order chi connectivity index (χ1) is 12.0. The third-order valence-corrected chi connectivity index (χ3v) is 4.39. The molecule has 25 heavy (non-hydrogen) atoms. The maximum absolute atomic E-state index is 12.6. The van der Waals surface area contributed by atoms with Gasteiger partial charge in [0.15, 0.2) is 5.82 Å². The standard InChI is InChI=1S/C17H25N5O3/c1-4-15-18-16(25-20-15)11-24-14-6-5-7-21(9-14)17(23)10-22-13(3)8-12(2)19-22/h8,14H,4-7,9-11H2,1-3H3/t14-/m0/s1. The highest BCUT2D eigenvalue weighted by Crippen LogP contribution is 2.16. The summed E-state index contributed by atoms with van der Waals surface area (Å²) in [5.41, 5.74) is 1.93. The van der Waals surface area contributed by atoms with E-state index in [2.05, 4.69) is 15.2 Å². The van der Waals surface area contributed by atoms with Gasteiger partial charge < -0.3 is 14.2 Å². The van der Waals surface area contributed by atoms with Gasteiger partial charge in [-0.25, -0.2) is 0 Å². The van der Waals surface area contributed by atoms with Crippen molar-refractivity contribution < 1.29 is 14.1 Å².